The molecule has 0 aliphatic carbocycles. The second-order valence-electron chi connectivity index (χ2n) is 4.58. The lowest BCUT2D eigenvalue weighted by atomic mass is 9.92. The fourth-order valence-corrected chi connectivity index (χ4v) is 3.01. The third-order valence-corrected chi connectivity index (χ3v) is 4.32. The first kappa shape index (κ1) is 12.4. The molecule has 2 rings (SSSR count). The number of anilines is 1. The fourth-order valence-electron chi connectivity index (χ4n) is 2.22. The standard InChI is InChI=1S/C12H18N2O2S/c1-8(15)9-2-5-14(6-3-9)12(16)11-10(13)4-7-17-11/h4,7-9,15H,2-3,5-6,13H2,1H3. The Morgan fingerprint density at radius 3 is 2.71 bits per heavy atom. The second kappa shape index (κ2) is 5.06. The Labute approximate surface area is 105 Å². The number of nitrogens with zero attached hydrogens (tertiary/aromatic N) is 1. The van der Waals surface area contributed by atoms with Crippen LogP contribution in [0.4, 0.5) is 5.69 Å². The van der Waals surface area contributed by atoms with Crippen molar-refractivity contribution in [1.82, 2.24) is 4.90 Å². The maximum Gasteiger partial charge on any atom is 0.266 e. The van der Waals surface area contributed by atoms with Gasteiger partial charge in [-0.3, -0.25) is 4.79 Å². The van der Waals surface area contributed by atoms with Crippen LogP contribution in [-0.2, 0) is 0 Å². The van der Waals surface area contributed by atoms with Crippen molar-refractivity contribution in [1.29, 1.82) is 0 Å². The van der Waals surface area contributed by atoms with Crippen LogP contribution in [0.2, 0.25) is 0 Å². The SMILES string of the molecule is CC(O)C1CCN(C(=O)c2sccc2N)CC1. The van der Waals surface area contributed by atoms with Crippen LogP contribution in [0.25, 0.3) is 0 Å². The molecule has 94 valence electrons. The number of nitrogens with two attached hydrogens (primary N) is 1. The van der Waals surface area contributed by atoms with E-state index in [0.29, 0.717) is 29.6 Å². The van der Waals surface area contributed by atoms with Gasteiger partial charge in [-0.2, -0.15) is 0 Å². The van der Waals surface area contributed by atoms with E-state index in [1.54, 1.807) is 6.07 Å². The third-order valence-electron chi connectivity index (χ3n) is 3.40. The average molecular weight is 254 g/mol. The summed E-state index contributed by atoms with van der Waals surface area (Å²) < 4.78 is 0. The molecule has 5 heteroatoms. The van der Waals surface area contributed by atoms with E-state index in [9.17, 15) is 9.90 Å². The van der Waals surface area contributed by atoms with Crippen molar-refractivity contribution in [3.63, 3.8) is 0 Å². The van der Waals surface area contributed by atoms with Crippen LogP contribution in [0.15, 0.2) is 11.4 Å². The van der Waals surface area contributed by atoms with Crippen molar-refractivity contribution in [2.45, 2.75) is 25.9 Å². The summed E-state index contributed by atoms with van der Waals surface area (Å²) in [6.45, 7) is 3.25. The summed E-state index contributed by atoms with van der Waals surface area (Å²) in [7, 11) is 0. The van der Waals surface area contributed by atoms with Crippen LogP contribution >= 0.6 is 11.3 Å². The van der Waals surface area contributed by atoms with Crippen molar-refractivity contribution in [2.24, 2.45) is 5.92 Å². The molecule has 0 radical (unpaired) electrons. The molecule has 0 bridgehead atoms. The average Bonchev–Trinajstić information content (AvgIpc) is 2.74. The highest BCUT2D eigenvalue weighted by atomic mass is 32.1. The summed E-state index contributed by atoms with van der Waals surface area (Å²) in [6, 6.07) is 1.76. The number of rotatable bonds is 2. The van der Waals surface area contributed by atoms with Gasteiger partial charge in [-0.05, 0) is 37.1 Å². The lowest BCUT2D eigenvalue weighted by molar-refractivity contribution is 0.0526. The van der Waals surface area contributed by atoms with Crippen molar-refractivity contribution >= 4 is 22.9 Å². The molecule has 4 nitrogen and oxygen atoms in total. The molecule has 0 saturated carbocycles. The number of hydrogen-bond donors (Lipinski definition) is 2. The zero-order chi connectivity index (χ0) is 12.4. The molecule has 1 aliphatic heterocycles. The molecule has 0 spiro atoms. The molecular weight excluding hydrogens is 236 g/mol. The van der Waals surface area contributed by atoms with Crippen molar-refractivity contribution in [2.75, 3.05) is 18.8 Å². The zero-order valence-electron chi connectivity index (χ0n) is 9.93. The van der Waals surface area contributed by atoms with Crippen LogP contribution in [0, 0.1) is 5.92 Å². The Hall–Kier alpha value is -1.07. The largest absolute Gasteiger partial charge is 0.397 e. The van der Waals surface area contributed by atoms with Crippen LogP contribution in [-0.4, -0.2) is 35.1 Å². The zero-order valence-corrected chi connectivity index (χ0v) is 10.7. The second-order valence-corrected chi connectivity index (χ2v) is 5.49. The Balaban J connectivity index is 1.98. The maximum absolute atomic E-state index is 12.2. The molecule has 17 heavy (non-hydrogen) atoms. The summed E-state index contributed by atoms with van der Waals surface area (Å²) in [6.07, 6.45) is 1.46. The van der Waals surface area contributed by atoms with E-state index in [0.717, 1.165) is 12.8 Å². The summed E-state index contributed by atoms with van der Waals surface area (Å²) in [4.78, 5) is 14.6. The first-order valence-electron chi connectivity index (χ1n) is 5.90. The van der Waals surface area contributed by atoms with E-state index >= 15 is 0 Å². The highest BCUT2D eigenvalue weighted by molar-refractivity contribution is 7.12. The number of hydrogen-bond acceptors (Lipinski definition) is 4. The first-order chi connectivity index (χ1) is 8.09. The Morgan fingerprint density at radius 2 is 2.24 bits per heavy atom. The molecule has 0 aromatic carbocycles. The summed E-state index contributed by atoms with van der Waals surface area (Å²) in [5.41, 5.74) is 6.31. The molecule has 1 aromatic heterocycles. The number of aliphatic hydroxyl groups is 1. The van der Waals surface area contributed by atoms with Crippen molar-refractivity contribution in [3.8, 4) is 0 Å². The molecule has 1 aliphatic rings. The molecule has 2 heterocycles. The van der Waals surface area contributed by atoms with Crippen LogP contribution in [0.5, 0.6) is 0 Å². The number of thiophene rings is 1. The smallest absolute Gasteiger partial charge is 0.266 e. The highest BCUT2D eigenvalue weighted by Gasteiger charge is 2.27. The number of carbonyl (C=O) groups excluding carboxylic acids is 1. The van der Waals surface area contributed by atoms with Gasteiger partial charge in [0.1, 0.15) is 4.88 Å². The molecule has 1 fully saturated rings. The van der Waals surface area contributed by atoms with Gasteiger partial charge in [0.25, 0.3) is 5.91 Å². The number of piperidine rings is 1. The molecule has 1 unspecified atom stereocenters. The van der Waals surface area contributed by atoms with Crippen LogP contribution < -0.4 is 5.73 Å². The van der Waals surface area contributed by atoms with Crippen LogP contribution in [0.3, 0.4) is 0 Å². The summed E-state index contributed by atoms with van der Waals surface area (Å²) in [5.74, 6) is 0.348. The Morgan fingerprint density at radius 1 is 1.59 bits per heavy atom. The van der Waals surface area contributed by atoms with Crippen LogP contribution in [0.1, 0.15) is 29.4 Å². The fraction of sp³-hybridized carbons (Fsp3) is 0.583. The lowest BCUT2D eigenvalue weighted by Gasteiger charge is -2.33. The monoisotopic (exact) mass is 254 g/mol. The highest BCUT2D eigenvalue weighted by Crippen LogP contribution is 2.25. The number of likely N-dealkylation sites (tertiary alicyclic amines) is 1. The van der Waals surface area contributed by atoms with E-state index in [4.69, 9.17) is 5.73 Å². The minimum Gasteiger partial charge on any atom is -0.397 e. The Bertz CT molecular complexity index is 395. The molecular formula is C12H18N2O2S. The van der Waals surface area contributed by atoms with E-state index in [-0.39, 0.29) is 12.0 Å². The lowest BCUT2D eigenvalue weighted by Crippen LogP contribution is -2.40. The van der Waals surface area contributed by atoms with Gasteiger partial charge in [-0.25, -0.2) is 0 Å². The molecule has 1 saturated heterocycles. The quantitative estimate of drug-likeness (QED) is 0.841. The van der Waals surface area contributed by atoms with Gasteiger partial charge in [0, 0.05) is 13.1 Å². The van der Waals surface area contributed by atoms with Gasteiger partial charge in [0.05, 0.1) is 11.8 Å². The van der Waals surface area contributed by atoms with Gasteiger partial charge < -0.3 is 15.7 Å². The topological polar surface area (TPSA) is 66.6 Å². The Kier molecular flexibility index (Phi) is 3.69. The number of carbonyl (C=O) groups is 1. The number of aliphatic hydroxyl groups excluding tert-OH is 1. The summed E-state index contributed by atoms with van der Waals surface area (Å²) in [5, 5.41) is 11.3. The predicted molar refractivity (Wildman–Crippen MR) is 69.0 cm³/mol. The minimum atomic E-state index is -0.279. The van der Waals surface area contributed by atoms with Gasteiger partial charge in [0.15, 0.2) is 0 Å². The normalized spacial score (nSPS) is 19.3. The van der Waals surface area contributed by atoms with E-state index in [2.05, 4.69) is 0 Å². The maximum atomic E-state index is 12.2. The van der Waals surface area contributed by atoms with Gasteiger partial charge >= 0.3 is 0 Å². The molecule has 1 aromatic rings. The van der Waals surface area contributed by atoms with Crippen molar-refractivity contribution in [3.05, 3.63) is 16.3 Å². The van der Waals surface area contributed by atoms with Crippen molar-refractivity contribution < 1.29 is 9.90 Å². The van der Waals surface area contributed by atoms with Gasteiger partial charge in [0.2, 0.25) is 0 Å². The number of amides is 1. The third kappa shape index (κ3) is 2.61. The molecule has 1 atom stereocenters. The van der Waals surface area contributed by atoms with Gasteiger partial charge in [-0.1, -0.05) is 0 Å². The minimum absolute atomic E-state index is 0.0292. The molecule has 1 amide bonds. The van der Waals surface area contributed by atoms with E-state index in [1.165, 1.54) is 11.3 Å². The van der Waals surface area contributed by atoms with E-state index < -0.39 is 0 Å². The number of nitrogen functional groups attached to an aromatic ring is 1. The van der Waals surface area contributed by atoms with Gasteiger partial charge in [-0.15, -0.1) is 11.3 Å². The predicted octanol–water partition coefficient (Wildman–Crippen LogP) is 1.56. The first-order valence-corrected chi connectivity index (χ1v) is 6.78. The summed E-state index contributed by atoms with van der Waals surface area (Å²) >= 11 is 1.39. The van der Waals surface area contributed by atoms with E-state index in [1.807, 2.05) is 17.2 Å². The molecule has 3 N–H and O–H groups in total.